The number of nitrogens with one attached hydrogen (secondary N) is 1. The molecular weight excluding hydrogens is 286 g/mol. The van der Waals surface area contributed by atoms with E-state index in [1.165, 1.54) is 36.9 Å². The molecule has 4 rings (SSSR count). The van der Waals surface area contributed by atoms with Gasteiger partial charge in [0.25, 0.3) is 0 Å². The molecule has 3 aliphatic heterocycles. The van der Waals surface area contributed by atoms with Crippen LogP contribution >= 0.6 is 0 Å². The zero-order valence-electron chi connectivity index (χ0n) is 14.2. The number of hydrogen-bond acceptors (Lipinski definition) is 4. The van der Waals surface area contributed by atoms with Crippen molar-refractivity contribution in [3.63, 3.8) is 0 Å². The smallest absolute Gasteiger partial charge is 0.0570 e. The number of piperidine rings is 2. The Bertz CT molecular complexity index is 524. The van der Waals surface area contributed by atoms with Gasteiger partial charge in [0.15, 0.2) is 0 Å². The zero-order valence-corrected chi connectivity index (χ0v) is 14.2. The van der Waals surface area contributed by atoms with Crippen molar-refractivity contribution in [3.05, 3.63) is 29.6 Å². The molecule has 0 spiro atoms. The maximum absolute atomic E-state index is 10.1. The standard InChI is InChI=1S/C19H29N3O/c1-14-2-5-18(21-12-14)19(6-8-20-9-7-19)13-22-15-3-4-16(22)11-17(23)10-15/h2,5,12,15-17,20,23H,3-4,6-11,13H2,1H3/t15-,16+,17?. The Morgan fingerprint density at radius 2 is 1.91 bits per heavy atom. The fraction of sp³-hybridized carbons (Fsp3) is 0.737. The average molecular weight is 315 g/mol. The third kappa shape index (κ3) is 2.92. The maximum atomic E-state index is 10.1. The first-order valence-corrected chi connectivity index (χ1v) is 9.24. The first-order chi connectivity index (χ1) is 11.2. The van der Waals surface area contributed by atoms with Gasteiger partial charge in [0.05, 0.1) is 6.10 Å². The predicted octanol–water partition coefficient (Wildman–Crippen LogP) is 2.00. The fourth-order valence-corrected chi connectivity index (χ4v) is 5.04. The molecule has 3 atom stereocenters. The summed E-state index contributed by atoms with van der Waals surface area (Å²) in [4.78, 5) is 7.54. The van der Waals surface area contributed by atoms with Crippen molar-refractivity contribution in [3.8, 4) is 0 Å². The SMILES string of the molecule is Cc1ccc(C2(CN3[C@@H]4CC[C@H]3CC(O)C4)CCNCC2)nc1. The van der Waals surface area contributed by atoms with Gasteiger partial charge in [0.1, 0.15) is 0 Å². The predicted molar refractivity (Wildman–Crippen MR) is 91.5 cm³/mol. The summed E-state index contributed by atoms with van der Waals surface area (Å²) in [6.45, 7) is 5.40. The van der Waals surface area contributed by atoms with Crippen LogP contribution in [0.5, 0.6) is 0 Å². The summed E-state index contributed by atoms with van der Waals surface area (Å²) in [5.41, 5.74) is 2.69. The Labute approximate surface area is 139 Å². The van der Waals surface area contributed by atoms with Crippen LogP contribution < -0.4 is 5.32 Å². The van der Waals surface area contributed by atoms with Crippen LogP contribution in [0.1, 0.15) is 49.8 Å². The molecule has 1 aromatic rings. The highest BCUT2D eigenvalue weighted by Gasteiger charge is 2.45. The van der Waals surface area contributed by atoms with E-state index in [1.54, 1.807) is 0 Å². The summed E-state index contributed by atoms with van der Waals surface area (Å²) in [6, 6.07) is 5.63. The van der Waals surface area contributed by atoms with E-state index in [-0.39, 0.29) is 11.5 Å². The van der Waals surface area contributed by atoms with Crippen LogP contribution in [0.2, 0.25) is 0 Å². The number of aliphatic hydroxyl groups excluding tert-OH is 1. The normalized spacial score (nSPS) is 33.7. The molecule has 1 unspecified atom stereocenters. The highest BCUT2D eigenvalue weighted by atomic mass is 16.3. The lowest BCUT2D eigenvalue weighted by atomic mass is 9.74. The molecule has 0 aliphatic carbocycles. The molecular formula is C19H29N3O. The number of nitrogens with zero attached hydrogens (tertiary/aromatic N) is 2. The minimum atomic E-state index is -0.0785. The monoisotopic (exact) mass is 315 g/mol. The second kappa shape index (κ2) is 6.15. The maximum Gasteiger partial charge on any atom is 0.0570 e. The molecule has 3 fully saturated rings. The van der Waals surface area contributed by atoms with Gasteiger partial charge in [-0.2, -0.15) is 0 Å². The van der Waals surface area contributed by atoms with Gasteiger partial charge < -0.3 is 10.4 Å². The minimum absolute atomic E-state index is 0.0785. The van der Waals surface area contributed by atoms with Gasteiger partial charge in [-0.25, -0.2) is 0 Å². The van der Waals surface area contributed by atoms with Crippen LogP contribution in [0.25, 0.3) is 0 Å². The minimum Gasteiger partial charge on any atom is -0.393 e. The van der Waals surface area contributed by atoms with Crippen molar-refractivity contribution >= 4 is 0 Å². The van der Waals surface area contributed by atoms with Gasteiger partial charge in [0, 0.05) is 35.9 Å². The van der Waals surface area contributed by atoms with E-state index >= 15 is 0 Å². The highest BCUT2D eigenvalue weighted by Crippen LogP contribution is 2.41. The lowest BCUT2D eigenvalue weighted by molar-refractivity contribution is 0.0175. The molecule has 2 bridgehead atoms. The third-order valence-corrected chi connectivity index (χ3v) is 6.36. The second-order valence-electron chi connectivity index (χ2n) is 7.93. The Morgan fingerprint density at radius 1 is 1.22 bits per heavy atom. The molecule has 0 aromatic carbocycles. The first-order valence-electron chi connectivity index (χ1n) is 9.24. The molecule has 126 valence electrons. The summed E-state index contributed by atoms with van der Waals surface area (Å²) in [6.07, 6.45) is 8.73. The molecule has 0 radical (unpaired) electrons. The number of rotatable bonds is 3. The van der Waals surface area contributed by atoms with Crippen molar-refractivity contribution in [2.75, 3.05) is 19.6 Å². The van der Waals surface area contributed by atoms with Crippen molar-refractivity contribution < 1.29 is 5.11 Å². The van der Waals surface area contributed by atoms with Crippen LogP contribution in [-0.2, 0) is 5.41 Å². The lowest BCUT2D eigenvalue weighted by Gasteiger charge is -2.46. The molecule has 4 nitrogen and oxygen atoms in total. The lowest BCUT2D eigenvalue weighted by Crippen LogP contribution is -2.54. The number of fused-ring (bicyclic) bond motifs is 2. The molecule has 4 heteroatoms. The van der Waals surface area contributed by atoms with Crippen molar-refractivity contribution in [1.29, 1.82) is 0 Å². The van der Waals surface area contributed by atoms with Crippen molar-refractivity contribution in [2.45, 2.75) is 69.1 Å². The van der Waals surface area contributed by atoms with E-state index < -0.39 is 0 Å². The Balaban J connectivity index is 1.60. The Morgan fingerprint density at radius 3 is 2.52 bits per heavy atom. The molecule has 2 N–H and O–H groups in total. The summed E-state index contributed by atoms with van der Waals surface area (Å²) < 4.78 is 0. The van der Waals surface area contributed by atoms with Crippen molar-refractivity contribution in [2.24, 2.45) is 0 Å². The molecule has 3 aliphatic rings. The molecule has 23 heavy (non-hydrogen) atoms. The van der Waals surface area contributed by atoms with Gasteiger partial charge in [-0.1, -0.05) is 6.07 Å². The van der Waals surface area contributed by atoms with Crippen LogP contribution in [0.4, 0.5) is 0 Å². The van der Waals surface area contributed by atoms with Gasteiger partial charge in [-0.15, -0.1) is 0 Å². The number of aryl methyl sites for hydroxylation is 1. The van der Waals surface area contributed by atoms with E-state index in [4.69, 9.17) is 4.98 Å². The molecule has 1 aromatic heterocycles. The number of pyridine rings is 1. The van der Waals surface area contributed by atoms with E-state index in [0.29, 0.717) is 12.1 Å². The van der Waals surface area contributed by atoms with Crippen LogP contribution in [0.15, 0.2) is 18.3 Å². The number of hydrogen-bond donors (Lipinski definition) is 2. The fourth-order valence-electron chi connectivity index (χ4n) is 5.04. The average Bonchev–Trinajstić information content (AvgIpc) is 2.79. The quantitative estimate of drug-likeness (QED) is 0.896. The van der Waals surface area contributed by atoms with Gasteiger partial charge in [0.2, 0.25) is 0 Å². The molecule has 0 saturated carbocycles. The molecule has 4 heterocycles. The van der Waals surface area contributed by atoms with E-state index in [1.807, 2.05) is 6.20 Å². The van der Waals surface area contributed by atoms with Crippen LogP contribution in [0, 0.1) is 6.92 Å². The van der Waals surface area contributed by atoms with Gasteiger partial charge >= 0.3 is 0 Å². The van der Waals surface area contributed by atoms with Gasteiger partial charge in [-0.05, 0) is 70.2 Å². The number of aliphatic hydroxyl groups is 1. The Kier molecular flexibility index (Phi) is 4.16. The van der Waals surface area contributed by atoms with Crippen LogP contribution in [0.3, 0.4) is 0 Å². The topological polar surface area (TPSA) is 48.4 Å². The van der Waals surface area contributed by atoms with Gasteiger partial charge in [-0.3, -0.25) is 9.88 Å². The Hall–Kier alpha value is -0.970. The summed E-state index contributed by atoms with van der Waals surface area (Å²) in [5.74, 6) is 0. The second-order valence-corrected chi connectivity index (χ2v) is 7.93. The zero-order chi connectivity index (χ0) is 15.9. The summed E-state index contributed by atoms with van der Waals surface area (Å²) >= 11 is 0. The summed E-state index contributed by atoms with van der Waals surface area (Å²) in [7, 11) is 0. The van der Waals surface area contributed by atoms with E-state index in [0.717, 1.165) is 32.5 Å². The van der Waals surface area contributed by atoms with E-state index in [2.05, 4.69) is 29.3 Å². The summed E-state index contributed by atoms with van der Waals surface area (Å²) in [5, 5.41) is 13.6. The van der Waals surface area contributed by atoms with E-state index in [9.17, 15) is 5.11 Å². The largest absolute Gasteiger partial charge is 0.393 e. The van der Waals surface area contributed by atoms with Crippen molar-refractivity contribution in [1.82, 2.24) is 15.2 Å². The molecule has 0 amide bonds. The first kappa shape index (κ1) is 15.6. The number of aromatic nitrogens is 1. The third-order valence-electron chi connectivity index (χ3n) is 6.36. The van der Waals surface area contributed by atoms with Crippen LogP contribution in [-0.4, -0.2) is 52.8 Å². The highest BCUT2D eigenvalue weighted by molar-refractivity contribution is 5.23. The molecule has 3 saturated heterocycles.